The van der Waals surface area contributed by atoms with Crippen molar-refractivity contribution in [2.75, 3.05) is 12.4 Å². The number of nitrogens with two attached hydrogens (primary N) is 1. The number of nitrogens with zero attached hydrogens (tertiary/aromatic N) is 4. The Labute approximate surface area is 97.5 Å². The Bertz CT molecular complexity index is 551. The Balaban J connectivity index is 2.11. The third-order valence-electron chi connectivity index (χ3n) is 3.01. The molecule has 1 aliphatic rings. The van der Waals surface area contributed by atoms with Gasteiger partial charge in [0.05, 0.1) is 6.04 Å². The Kier molecular flexibility index (Phi) is 2.28. The molecule has 0 saturated heterocycles. The molecular weight excluding hydrogens is 221 g/mol. The summed E-state index contributed by atoms with van der Waals surface area (Å²) in [6.45, 7) is -0.402. The van der Waals surface area contributed by atoms with Gasteiger partial charge in [-0.2, -0.15) is 0 Å². The zero-order valence-electron chi connectivity index (χ0n) is 9.17. The van der Waals surface area contributed by atoms with Gasteiger partial charge in [0, 0.05) is 6.42 Å². The topological polar surface area (TPSA) is 69.6 Å². The van der Waals surface area contributed by atoms with Crippen LogP contribution in [0.1, 0.15) is 18.3 Å². The van der Waals surface area contributed by atoms with Gasteiger partial charge in [0.15, 0.2) is 5.82 Å². The average Bonchev–Trinajstić information content (AvgIpc) is 2.89. The molecule has 0 spiro atoms. The van der Waals surface area contributed by atoms with E-state index in [1.54, 1.807) is 18.2 Å². The second kappa shape index (κ2) is 3.80. The summed E-state index contributed by atoms with van der Waals surface area (Å²) < 4.78 is 14.7. The van der Waals surface area contributed by atoms with Gasteiger partial charge in [-0.3, -0.25) is 0 Å². The molecule has 0 unspecified atom stereocenters. The van der Waals surface area contributed by atoms with Crippen LogP contribution in [0.2, 0.25) is 0 Å². The predicted octanol–water partition coefficient (Wildman–Crippen LogP) is 1.38. The van der Waals surface area contributed by atoms with Gasteiger partial charge in [0.25, 0.3) is 0 Å². The largest absolute Gasteiger partial charge is 0.384 e. The third-order valence-corrected chi connectivity index (χ3v) is 3.01. The fourth-order valence-corrected chi connectivity index (χ4v) is 2.20. The van der Waals surface area contributed by atoms with E-state index in [0.717, 1.165) is 18.7 Å². The van der Waals surface area contributed by atoms with Crippen LogP contribution in [0.4, 0.5) is 10.2 Å². The zero-order valence-corrected chi connectivity index (χ0v) is 9.17. The van der Waals surface area contributed by atoms with Crippen molar-refractivity contribution in [2.45, 2.75) is 18.9 Å². The molecule has 0 fully saturated rings. The lowest BCUT2D eigenvalue weighted by atomic mass is 10.2. The van der Waals surface area contributed by atoms with E-state index in [1.165, 1.54) is 0 Å². The summed E-state index contributed by atoms with van der Waals surface area (Å²) in [5.74, 6) is 1.86. The molecule has 1 atom stereocenters. The summed E-state index contributed by atoms with van der Waals surface area (Å²) in [4.78, 5) is 4.19. The summed E-state index contributed by atoms with van der Waals surface area (Å²) in [6.07, 6.45) is 1.54. The highest BCUT2D eigenvalue weighted by Crippen LogP contribution is 2.30. The Hall–Kier alpha value is -1.98. The number of nitrogen functional groups attached to an aromatic ring is 1. The van der Waals surface area contributed by atoms with Gasteiger partial charge in [-0.05, 0) is 18.6 Å². The van der Waals surface area contributed by atoms with E-state index in [-0.39, 0.29) is 6.04 Å². The number of fused-ring (bicyclic) bond motifs is 1. The van der Waals surface area contributed by atoms with Gasteiger partial charge in [-0.1, -0.05) is 6.07 Å². The number of hydrogen-bond acceptors (Lipinski definition) is 4. The summed E-state index contributed by atoms with van der Waals surface area (Å²) >= 11 is 0. The van der Waals surface area contributed by atoms with Gasteiger partial charge in [0.2, 0.25) is 0 Å². The maximum atomic E-state index is 12.9. The van der Waals surface area contributed by atoms with Gasteiger partial charge >= 0.3 is 0 Å². The molecule has 2 N–H and O–H groups in total. The zero-order chi connectivity index (χ0) is 11.8. The van der Waals surface area contributed by atoms with Crippen molar-refractivity contribution in [2.24, 2.45) is 0 Å². The molecule has 0 aliphatic carbocycles. The molecule has 2 aromatic rings. The minimum absolute atomic E-state index is 0.168. The molecular formula is C11H12FN5. The molecule has 0 radical (unpaired) electrons. The fraction of sp³-hybridized carbons (Fsp3) is 0.364. The molecule has 6 heteroatoms. The summed E-state index contributed by atoms with van der Waals surface area (Å²) in [5, 5.41) is 8.14. The second-order valence-electron chi connectivity index (χ2n) is 4.10. The van der Waals surface area contributed by atoms with E-state index >= 15 is 0 Å². The normalized spacial score (nSPS) is 18.3. The highest BCUT2D eigenvalue weighted by Gasteiger charge is 2.27. The minimum Gasteiger partial charge on any atom is -0.384 e. The van der Waals surface area contributed by atoms with Crippen molar-refractivity contribution in [3.63, 3.8) is 0 Å². The van der Waals surface area contributed by atoms with Crippen LogP contribution in [0.25, 0.3) is 11.5 Å². The fourth-order valence-electron chi connectivity index (χ4n) is 2.20. The number of rotatable bonds is 2. The van der Waals surface area contributed by atoms with Crippen molar-refractivity contribution in [3.05, 3.63) is 24.0 Å². The number of aromatic nitrogens is 4. The number of halogens is 1. The van der Waals surface area contributed by atoms with Gasteiger partial charge in [-0.15, -0.1) is 10.2 Å². The quantitative estimate of drug-likeness (QED) is 0.850. The molecule has 3 heterocycles. The number of hydrogen-bond donors (Lipinski definition) is 1. The maximum absolute atomic E-state index is 12.9. The number of pyridine rings is 1. The standard InChI is InChI=1S/C11H12FN5/c12-6-7-4-5-10-15-16-11(17(7)10)8-2-1-3-9(13)14-8/h1-3,7H,4-6H2,(H2,13,14)/t7-/m0/s1. The predicted molar refractivity (Wildman–Crippen MR) is 61.0 cm³/mol. The summed E-state index contributed by atoms with van der Waals surface area (Å²) in [6, 6.07) is 5.15. The van der Waals surface area contributed by atoms with E-state index in [1.807, 2.05) is 4.57 Å². The average molecular weight is 233 g/mol. The molecule has 1 aliphatic heterocycles. The number of aryl methyl sites for hydroxylation is 1. The molecule has 0 aromatic carbocycles. The van der Waals surface area contributed by atoms with Gasteiger partial charge in [-0.25, -0.2) is 9.37 Å². The first kappa shape index (κ1) is 10.2. The highest BCUT2D eigenvalue weighted by atomic mass is 19.1. The summed E-state index contributed by atoms with van der Waals surface area (Å²) in [7, 11) is 0. The lowest BCUT2D eigenvalue weighted by Crippen LogP contribution is -2.08. The third kappa shape index (κ3) is 1.56. The van der Waals surface area contributed by atoms with E-state index < -0.39 is 6.67 Å². The molecule has 5 nitrogen and oxygen atoms in total. The lowest BCUT2D eigenvalue weighted by molar-refractivity contribution is 0.368. The first-order chi connectivity index (χ1) is 8.29. The van der Waals surface area contributed by atoms with Crippen LogP contribution in [0.3, 0.4) is 0 Å². The lowest BCUT2D eigenvalue weighted by Gasteiger charge is -2.10. The Morgan fingerprint density at radius 3 is 3.06 bits per heavy atom. The van der Waals surface area contributed by atoms with Crippen LogP contribution in [0.15, 0.2) is 18.2 Å². The number of alkyl halides is 1. The van der Waals surface area contributed by atoms with Crippen LogP contribution in [-0.4, -0.2) is 26.4 Å². The van der Waals surface area contributed by atoms with Crippen molar-refractivity contribution in [1.29, 1.82) is 0 Å². The van der Waals surface area contributed by atoms with Crippen molar-refractivity contribution in [3.8, 4) is 11.5 Å². The Morgan fingerprint density at radius 2 is 2.29 bits per heavy atom. The Morgan fingerprint density at radius 1 is 1.41 bits per heavy atom. The van der Waals surface area contributed by atoms with E-state index in [0.29, 0.717) is 17.3 Å². The van der Waals surface area contributed by atoms with E-state index in [4.69, 9.17) is 5.73 Å². The molecule has 0 amide bonds. The summed E-state index contributed by atoms with van der Waals surface area (Å²) in [5.41, 5.74) is 6.28. The van der Waals surface area contributed by atoms with Crippen molar-refractivity contribution < 1.29 is 4.39 Å². The maximum Gasteiger partial charge on any atom is 0.183 e. The van der Waals surface area contributed by atoms with E-state index in [9.17, 15) is 4.39 Å². The van der Waals surface area contributed by atoms with Crippen molar-refractivity contribution in [1.82, 2.24) is 19.7 Å². The van der Waals surface area contributed by atoms with Crippen molar-refractivity contribution >= 4 is 5.82 Å². The van der Waals surface area contributed by atoms with Crippen LogP contribution >= 0.6 is 0 Å². The first-order valence-corrected chi connectivity index (χ1v) is 5.52. The van der Waals surface area contributed by atoms with Crippen LogP contribution in [-0.2, 0) is 6.42 Å². The first-order valence-electron chi connectivity index (χ1n) is 5.52. The van der Waals surface area contributed by atoms with Crippen LogP contribution in [0, 0.1) is 0 Å². The molecule has 17 heavy (non-hydrogen) atoms. The minimum atomic E-state index is -0.402. The van der Waals surface area contributed by atoms with Crippen LogP contribution < -0.4 is 5.73 Å². The second-order valence-corrected chi connectivity index (χ2v) is 4.10. The molecule has 0 saturated carbocycles. The van der Waals surface area contributed by atoms with Crippen LogP contribution in [0.5, 0.6) is 0 Å². The molecule has 88 valence electrons. The highest BCUT2D eigenvalue weighted by molar-refractivity contribution is 5.53. The van der Waals surface area contributed by atoms with Gasteiger partial charge in [0.1, 0.15) is 24.0 Å². The number of anilines is 1. The molecule has 3 rings (SSSR count). The van der Waals surface area contributed by atoms with E-state index in [2.05, 4.69) is 15.2 Å². The smallest absolute Gasteiger partial charge is 0.183 e. The molecule has 0 bridgehead atoms. The van der Waals surface area contributed by atoms with Gasteiger partial charge < -0.3 is 10.3 Å². The monoisotopic (exact) mass is 233 g/mol. The molecule has 2 aromatic heterocycles. The SMILES string of the molecule is Nc1cccc(-c2nnc3n2[C@H](CF)CC3)n1.